The van der Waals surface area contributed by atoms with Crippen LogP contribution in [0.4, 0.5) is 0 Å². The Bertz CT molecular complexity index is 153. The summed E-state index contributed by atoms with van der Waals surface area (Å²) in [5.41, 5.74) is 0.608. The molecule has 0 heterocycles. The van der Waals surface area contributed by atoms with E-state index in [-0.39, 0.29) is 0 Å². The molecule has 0 heteroatoms. The molecule has 1 aliphatic rings. The summed E-state index contributed by atoms with van der Waals surface area (Å²) in [6.07, 6.45) is 5.77. The van der Waals surface area contributed by atoms with E-state index in [2.05, 4.69) is 34.6 Å². The second-order valence-corrected chi connectivity index (χ2v) is 6.19. The lowest BCUT2D eigenvalue weighted by molar-refractivity contribution is 0.0867. The Morgan fingerprint density at radius 1 is 1.31 bits per heavy atom. The molecular formula is C13H26. The third-order valence-corrected chi connectivity index (χ3v) is 3.83. The molecule has 0 amide bonds. The van der Waals surface area contributed by atoms with Gasteiger partial charge in [0.1, 0.15) is 0 Å². The molecule has 2 atom stereocenters. The highest BCUT2D eigenvalue weighted by molar-refractivity contribution is 4.85. The van der Waals surface area contributed by atoms with Crippen molar-refractivity contribution >= 4 is 0 Å². The van der Waals surface area contributed by atoms with Crippen molar-refractivity contribution in [1.29, 1.82) is 0 Å². The highest BCUT2D eigenvalue weighted by Crippen LogP contribution is 2.45. The smallest absolute Gasteiger partial charge is 0.0326 e. The van der Waals surface area contributed by atoms with Crippen LogP contribution in [0.3, 0.4) is 0 Å². The van der Waals surface area contributed by atoms with Crippen LogP contribution in [0.5, 0.6) is 0 Å². The molecule has 0 aromatic carbocycles. The SMILES string of the molecule is CC(C)CC1CC(C)CCC1(C)C. The van der Waals surface area contributed by atoms with Gasteiger partial charge in [-0.1, -0.05) is 41.0 Å². The second-order valence-electron chi connectivity index (χ2n) is 6.19. The van der Waals surface area contributed by atoms with E-state index in [1.165, 1.54) is 25.7 Å². The van der Waals surface area contributed by atoms with Gasteiger partial charge in [0.2, 0.25) is 0 Å². The standard InChI is InChI=1S/C13H26/c1-10(2)8-12-9-11(3)6-7-13(12,4)5/h10-12H,6-9H2,1-5H3. The molecule has 0 nitrogen and oxygen atoms in total. The van der Waals surface area contributed by atoms with E-state index in [0.717, 1.165) is 17.8 Å². The fourth-order valence-corrected chi connectivity index (χ4v) is 2.73. The lowest BCUT2D eigenvalue weighted by atomic mass is 9.63. The van der Waals surface area contributed by atoms with Crippen LogP contribution in [-0.4, -0.2) is 0 Å². The highest BCUT2D eigenvalue weighted by atomic mass is 14.4. The van der Waals surface area contributed by atoms with Crippen LogP contribution in [0.25, 0.3) is 0 Å². The van der Waals surface area contributed by atoms with Crippen molar-refractivity contribution in [2.24, 2.45) is 23.2 Å². The van der Waals surface area contributed by atoms with Crippen molar-refractivity contribution < 1.29 is 0 Å². The summed E-state index contributed by atoms with van der Waals surface area (Å²) in [5.74, 6) is 2.81. The summed E-state index contributed by atoms with van der Waals surface area (Å²) in [7, 11) is 0. The zero-order chi connectivity index (χ0) is 10.1. The fourth-order valence-electron chi connectivity index (χ4n) is 2.73. The van der Waals surface area contributed by atoms with Gasteiger partial charge in [-0.2, -0.15) is 0 Å². The van der Waals surface area contributed by atoms with Crippen molar-refractivity contribution in [1.82, 2.24) is 0 Å². The van der Waals surface area contributed by atoms with Crippen molar-refractivity contribution in [2.45, 2.75) is 60.3 Å². The molecule has 78 valence electrons. The zero-order valence-corrected chi connectivity index (χ0v) is 10.1. The first-order valence-electron chi connectivity index (χ1n) is 5.92. The number of rotatable bonds is 2. The van der Waals surface area contributed by atoms with Gasteiger partial charge in [0.15, 0.2) is 0 Å². The fraction of sp³-hybridized carbons (Fsp3) is 1.00. The molecule has 2 unspecified atom stereocenters. The topological polar surface area (TPSA) is 0 Å². The largest absolute Gasteiger partial charge is 0.0628 e. The molecule has 1 fully saturated rings. The van der Waals surface area contributed by atoms with Gasteiger partial charge in [0.05, 0.1) is 0 Å². The van der Waals surface area contributed by atoms with Crippen LogP contribution in [0.15, 0.2) is 0 Å². The molecule has 0 bridgehead atoms. The average Bonchev–Trinajstić information content (AvgIpc) is 1.97. The predicted molar refractivity (Wildman–Crippen MR) is 59.7 cm³/mol. The van der Waals surface area contributed by atoms with Crippen molar-refractivity contribution in [3.05, 3.63) is 0 Å². The summed E-state index contributed by atoms with van der Waals surface area (Å²) in [6.45, 7) is 12.1. The van der Waals surface area contributed by atoms with Gasteiger partial charge in [-0.05, 0) is 42.4 Å². The lowest BCUT2D eigenvalue weighted by Crippen LogP contribution is -2.31. The van der Waals surface area contributed by atoms with E-state index in [0.29, 0.717) is 5.41 Å². The summed E-state index contributed by atoms with van der Waals surface area (Å²) < 4.78 is 0. The molecule has 1 rings (SSSR count). The predicted octanol–water partition coefficient (Wildman–Crippen LogP) is 4.49. The Kier molecular flexibility index (Phi) is 3.43. The third-order valence-electron chi connectivity index (χ3n) is 3.83. The molecule has 13 heavy (non-hydrogen) atoms. The van der Waals surface area contributed by atoms with Crippen LogP contribution in [0.1, 0.15) is 60.3 Å². The quantitative estimate of drug-likeness (QED) is 0.590. The average molecular weight is 182 g/mol. The van der Waals surface area contributed by atoms with E-state index >= 15 is 0 Å². The summed E-state index contributed by atoms with van der Waals surface area (Å²) >= 11 is 0. The van der Waals surface area contributed by atoms with Crippen LogP contribution in [-0.2, 0) is 0 Å². The maximum absolute atomic E-state index is 2.46. The van der Waals surface area contributed by atoms with Gasteiger partial charge >= 0.3 is 0 Å². The van der Waals surface area contributed by atoms with E-state index in [4.69, 9.17) is 0 Å². The Balaban J connectivity index is 2.56. The van der Waals surface area contributed by atoms with Crippen molar-refractivity contribution in [2.75, 3.05) is 0 Å². The monoisotopic (exact) mass is 182 g/mol. The molecule has 0 aromatic rings. The van der Waals surface area contributed by atoms with Gasteiger partial charge in [0, 0.05) is 0 Å². The van der Waals surface area contributed by atoms with Gasteiger partial charge < -0.3 is 0 Å². The normalized spacial score (nSPS) is 33.7. The Hall–Kier alpha value is 0. The van der Waals surface area contributed by atoms with Crippen LogP contribution < -0.4 is 0 Å². The van der Waals surface area contributed by atoms with E-state index in [9.17, 15) is 0 Å². The summed E-state index contributed by atoms with van der Waals surface area (Å²) in [5, 5.41) is 0. The summed E-state index contributed by atoms with van der Waals surface area (Å²) in [4.78, 5) is 0. The Morgan fingerprint density at radius 3 is 2.46 bits per heavy atom. The molecule has 0 aromatic heterocycles. The Morgan fingerprint density at radius 2 is 1.92 bits per heavy atom. The van der Waals surface area contributed by atoms with Gasteiger partial charge in [-0.3, -0.25) is 0 Å². The minimum Gasteiger partial charge on any atom is -0.0628 e. The first-order valence-corrected chi connectivity index (χ1v) is 5.92. The minimum atomic E-state index is 0.608. The summed E-state index contributed by atoms with van der Waals surface area (Å²) in [6, 6.07) is 0. The molecule has 1 aliphatic carbocycles. The molecule has 0 radical (unpaired) electrons. The molecular weight excluding hydrogens is 156 g/mol. The molecule has 0 N–H and O–H groups in total. The van der Waals surface area contributed by atoms with Gasteiger partial charge in [-0.25, -0.2) is 0 Å². The van der Waals surface area contributed by atoms with E-state index in [1.54, 1.807) is 0 Å². The van der Waals surface area contributed by atoms with Crippen LogP contribution >= 0.6 is 0 Å². The third kappa shape index (κ3) is 3.00. The van der Waals surface area contributed by atoms with E-state index in [1.807, 2.05) is 0 Å². The number of hydrogen-bond donors (Lipinski definition) is 0. The Labute approximate surface area is 84.1 Å². The molecule has 1 saturated carbocycles. The zero-order valence-electron chi connectivity index (χ0n) is 10.1. The van der Waals surface area contributed by atoms with Gasteiger partial charge in [-0.15, -0.1) is 0 Å². The minimum absolute atomic E-state index is 0.608. The van der Waals surface area contributed by atoms with Crippen LogP contribution in [0, 0.1) is 23.2 Å². The van der Waals surface area contributed by atoms with Gasteiger partial charge in [0.25, 0.3) is 0 Å². The number of hydrogen-bond acceptors (Lipinski definition) is 0. The lowest BCUT2D eigenvalue weighted by Gasteiger charge is -2.42. The first kappa shape index (κ1) is 11.1. The molecule has 0 spiro atoms. The van der Waals surface area contributed by atoms with Crippen molar-refractivity contribution in [3.63, 3.8) is 0 Å². The second kappa shape index (κ2) is 4.02. The maximum Gasteiger partial charge on any atom is -0.0326 e. The molecule has 0 aliphatic heterocycles. The highest BCUT2D eigenvalue weighted by Gasteiger charge is 2.34. The van der Waals surface area contributed by atoms with Crippen LogP contribution in [0.2, 0.25) is 0 Å². The van der Waals surface area contributed by atoms with E-state index < -0.39 is 0 Å². The maximum atomic E-state index is 2.46. The van der Waals surface area contributed by atoms with Crippen molar-refractivity contribution in [3.8, 4) is 0 Å². The first-order chi connectivity index (χ1) is 5.92. The molecule has 0 saturated heterocycles.